The summed E-state index contributed by atoms with van der Waals surface area (Å²) < 4.78 is 4.28. The molecule has 0 atom stereocenters. The number of nitrogens with zero attached hydrogens (tertiary/aromatic N) is 2. The van der Waals surface area contributed by atoms with Gasteiger partial charge in [-0.3, -0.25) is 0 Å². The van der Waals surface area contributed by atoms with Crippen LogP contribution in [0.3, 0.4) is 0 Å². The van der Waals surface area contributed by atoms with Crippen LogP contribution in [0, 0.1) is 0 Å². The van der Waals surface area contributed by atoms with E-state index in [9.17, 15) is 0 Å². The van der Waals surface area contributed by atoms with Crippen LogP contribution in [-0.4, -0.2) is 64.1 Å². The average molecular weight is 782 g/mol. The number of benzene rings is 9. The van der Waals surface area contributed by atoms with Gasteiger partial charge in [0.05, 0.1) is 11.0 Å². The second kappa shape index (κ2) is 15.1. The van der Waals surface area contributed by atoms with Gasteiger partial charge in [-0.1, -0.05) is 155 Å². The molecule has 63 heavy (non-hydrogen) atoms. The fourth-order valence-electron chi connectivity index (χ4n) is 9.54. The van der Waals surface area contributed by atoms with E-state index in [1.165, 1.54) is 0 Å². The van der Waals surface area contributed by atoms with Crippen molar-refractivity contribution in [2.75, 3.05) is 0 Å². The second-order valence-electron chi connectivity index (χ2n) is 16.0. The zero-order valence-corrected chi connectivity index (χ0v) is 34.2. The predicted molar refractivity (Wildman–Crippen MR) is 275 cm³/mol. The van der Waals surface area contributed by atoms with E-state index in [1.807, 2.05) is 53.1 Å². The van der Waals surface area contributed by atoms with Crippen LogP contribution >= 0.6 is 0 Å². The molecule has 0 saturated carbocycles. The van der Waals surface area contributed by atoms with E-state index >= 15 is 0 Å². The highest BCUT2D eigenvalue weighted by Crippen LogP contribution is 2.41. The van der Waals surface area contributed by atoms with Crippen LogP contribution < -0.4 is 38.2 Å². The number of rotatable bonds is 6. The van der Waals surface area contributed by atoms with E-state index < -0.39 is 0 Å². The molecule has 2 heterocycles. The Kier molecular flexibility index (Phi) is 9.35. The molecular formula is C54H29B7N2. The molecule has 0 bridgehead atoms. The molecule has 14 radical (unpaired) electrons. The summed E-state index contributed by atoms with van der Waals surface area (Å²) in [6.45, 7) is 0. The fraction of sp³-hybridized carbons (Fsp3) is 0. The fourth-order valence-corrected chi connectivity index (χ4v) is 9.54. The van der Waals surface area contributed by atoms with Crippen molar-refractivity contribution in [3.8, 4) is 55.9 Å². The summed E-state index contributed by atoms with van der Waals surface area (Å²) >= 11 is 0. The number of para-hydroxylation sites is 1. The average Bonchev–Trinajstić information content (AvgIpc) is 3.87. The van der Waals surface area contributed by atoms with Crippen molar-refractivity contribution in [3.05, 3.63) is 176 Å². The summed E-state index contributed by atoms with van der Waals surface area (Å²) in [5.41, 5.74) is 14.4. The van der Waals surface area contributed by atoms with Crippen LogP contribution in [0.1, 0.15) is 0 Å². The maximum absolute atomic E-state index is 7.48. The minimum Gasteiger partial charge on any atom is -0.310 e. The Hall–Kier alpha value is -6.97. The van der Waals surface area contributed by atoms with E-state index in [-0.39, 0.29) is 21.9 Å². The van der Waals surface area contributed by atoms with Crippen LogP contribution in [0.15, 0.2) is 176 Å². The van der Waals surface area contributed by atoms with E-state index in [4.69, 9.17) is 54.9 Å². The molecule has 2 aromatic heterocycles. The van der Waals surface area contributed by atoms with Gasteiger partial charge in [-0.05, 0) is 98.4 Å². The van der Waals surface area contributed by atoms with Crippen molar-refractivity contribution in [1.82, 2.24) is 9.13 Å². The molecule has 0 aliphatic carbocycles. The van der Waals surface area contributed by atoms with Crippen molar-refractivity contribution >= 4 is 137 Å². The Bertz CT molecular complexity index is 3560. The van der Waals surface area contributed by atoms with Gasteiger partial charge < -0.3 is 9.13 Å². The van der Waals surface area contributed by atoms with Gasteiger partial charge in [0, 0.05) is 38.6 Å². The smallest absolute Gasteiger partial charge is 0.115 e. The van der Waals surface area contributed by atoms with Crippen LogP contribution in [0.4, 0.5) is 0 Å². The summed E-state index contributed by atoms with van der Waals surface area (Å²) in [5.74, 6) is 0. The highest BCUT2D eigenvalue weighted by atomic mass is 15.0. The molecule has 9 aromatic carbocycles. The largest absolute Gasteiger partial charge is 0.310 e. The minimum atomic E-state index is 0.169. The third-order valence-corrected chi connectivity index (χ3v) is 12.5. The topological polar surface area (TPSA) is 9.86 Å². The van der Waals surface area contributed by atoms with Crippen molar-refractivity contribution in [2.45, 2.75) is 0 Å². The molecule has 0 spiro atoms. The van der Waals surface area contributed by atoms with Gasteiger partial charge in [-0.25, -0.2) is 0 Å². The van der Waals surface area contributed by atoms with E-state index in [0.717, 1.165) is 72.1 Å². The Balaban J connectivity index is 1.24. The first-order valence-corrected chi connectivity index (χ1v) is 20.7. The summed E-state index contributed by atoms with van der Waals surface area (Å²) in [6, 6.07) is 60.4. The lowest BCUT2D eigenvalue weighted by Crippen LogP contribution is -2.48. The summed E-state index contributed by atoms with van der Waals surface area (Å²) in [7, 11) is 49.4. The zero-order chi connectivity index (χ0) is 43.1. The van der Waals surface area contributed by atoms with Crippen LogP contribution in [0.25, 0.3) is 99.5 Å². The summed E-state index contributed by atoms with van der Waals surface area (Å²) in [4.78, 5) is 0. The molecule has 276 valence electrons. The summed E-state index contributed by atoms with van der Waals surface area (Å²) in [5, 5.41) is 3.24. The third kappa shape index (κ3) is 6.04. The van der Waals surface area contributed by atoms with Gasteiger partial charge in [0.2, 0.25) is 0 Å². The lowest BCUT2D eigenvalue weighted by Gasteiger charge is -2.20. The molecule has 0 amide bonds. The Morgan fingerprint density at radius 3 is 1.41 bits per heavy atom. The maximum Gasteiger partial charge on any atom is 0.115 e. The van der Waals surface area contributed by atoms with E-state index in [0.29, 0.717) is 43.8 Å². The van der Waals surface area contributed by atoms with Gasteiger partial charge in [-0.15, -0.1) is 10.9 Å². The maximum atomic E-state index is 7.48. The Morgan fingerprint density at radius 1 is 0.286 bits per heavy atom. The van der Waals surface area contributed by atoms with Gasteiger partial charge in [0.15, 0.2) is 0 Å². The van der Waals surface area contributed by atoms with Gasteiger partial charge in [-0.2, -0.15) is 0 Å². The van der Waals surface area contributed by atoms with Gasteiger partial charge >= 0.3 is 0 Å². The first-order valence-electron chi connectivity index (χ1n) is 20.7. The molecule has 11 rings (SSSR count). The lowest BCUT2D eigenvalue weighted by atomic mass is 9.64. The second-order valence-corrected chi connectivity index (χ2v) is 16.0. The predicted octanol–water partition coefficient (Wildman–Crippen LogP) is 6.11. The molecule has 0 aliphatic rings. The SMILES string of the molecule is [B]c1c([B])c([B])c2c(c1[B])c1c([B])c(-c3ccc4c(c3)c3c(-c5ccccc5)cccc3n4-c3ccccc3)c([B])c([B])c1n2-c1cc(-c2ccccc2)cc(-c2ccccc2)c1. The van der Waals surface area contributed by atoms with E-state index in [2.05, 4.69) is 132 Å². The minimum absolute atomic E-state index is 0.169. The molecular weight excluding hydrogens is 752 g/mol. The van der Waals surface area contributed by atoms with E-state index in [1.54, 1.807) is 0 Å². The molecule has 2 nitrogen and oxygen atoms in total. The zero-order valence-electron chi connectivity index (χ0n) is 34.2. The molecule has 0 fully saturated rings. The van der Waals surface area contributed by atoms with Crippen LogP contribution in [0.2, 0.25) is 0 Å². The molecule has 0 unspecified atom stereocenters. The number of hydrogen-bond donors (Lipinski definition) is 0. The quantitative estimate of drug-likeness (QED) is 0.181. The highest BCUT2D eigenvalue weighted by molar-refractivity contribution is 6.69. The molecule has 11 aromatic rings. The number of aromatic nitrogens is 2. The lowest BCUT2D eigenvalue weighted by molar-refractivity contribution is 1.18. The Morgan fingerprint density at radius 2 is 0.810 bits per heavy atom. The van der Waals surface area contributed by atoms with Crippen molar-refractivity contribution in [3.63, 3.8) is 0 Å². The van der Waals surface area contributed by atoms with Crippen molar-refractivity contribution in [1.29, 1.82) is 0 Å². The molecule has 0 N–H and O–H groups in total. The van der Waals surface area contributed by atoms with Crippen molar-refractivity contribution < 1.29 is 0 Å². The number of hydrogen-bond acceptors (Lipinski definition) is 0. The normalized spacial score (nSPS) is 11.6. The van der Waals surface area contributed by atoms with Crippen LogP contribution in [0.5, 0.6) is 0 Å². The number of fused-ring (bicyclic) bond motifs is 6. The van der Waals surface area contributed by atoms with Crippen molar-refractivity contribution in [2.24, 2.45) is 0 Å². The first-order chi connectivity index (χ1) is 30.7. The standard InChI is InChI=1S/C54H29B7N2/c55-46-42(33-24-25-40-39(29-33)43-38(32-18-9-3-10-19-32)22-13-23-41(43)62(40)36-20-11-4-12-21-36)47(56)51(60)53-44(46)45-48(57)49(58)50(59)52(61)54(45)63(53)37-27-34(30-14-5-1-6-15-30)26-35(28-37)31-16-7-2-8-17-31/h1-29H. The monoisotopic (exact) mass is 782 g/mol. The molecule has 0 aliphatic heterocycles. The molecule has 0 saturated heterocycles. The van der Waals surface area contributed by atoms with Crippen LogP contribution in [-0.2, 0) is 0 Å². The third-order valence-electron chi connectivity index (χ3n) is 12.5. The first kappa shape index (κ1) is 38.9. The van der Waals surface area contributed by atoms with Gasteiger partial charge in [0.25, 0.3) is 0 Å². The highest BCUT2D eigenvalue weighted by Gasteiger charge is 2.26. The Labute approximate surface area is 375 Å². The molecule has 9 heteroatoms. The summed E-state index contributed by atoms with van der Waals surface area (Å²) in [6.07, 6.45) is 0. The van der Waals surface area contributed by atoms with Gasteiger partial charge in [0.1, 0.15) is 54.9 Å².